The number of unbranched alkanes of at least 4 members (excludes halogenated alkanes) is 1. The molecule has 0 unspecified atom stereocenters. The molecule has 2 aromatic rings. The maximum absolute atomic E-state index is 14.3. The van der Waals surface area contributed by atoms with Crippen LogP contribution in [0.4, 0.5) is 0 Å². The normalized spacial score (nSPS) is 18.9. The van der Waals surface area contributed by atoms with E-state index < -0.39 is 74.8 Å². The number of β-amino-alcohol motifs (C(OH)–C–C–N with tert-alkyl or cyclic N) is 1. The van der Waals surface area contributed by atoms with Crippen LogP contribution in [0.25, 0.3) is 10.8 Å². The molecule has 4 N–H and O–H groups in total. The molecule has 308 valence electrons. The largest absolute Gasteiger partial charge is 0.464 e. The Bertz CT molecular complexity index is 1630. The average molecular weight is 788 g/mol. The molecule has 2 amide bonds. The molecule has 2 aromatic carbocycles. The summed E-state index contributed by atoms with van der Waals surface area (Å²) in [5.74, 6) is -3.28. The minimum Gasteiger partial charge on any atom is -0.464 e. The lowest BCUT2D eigenvalue weighted by Crippen LogP contribution is -2.57. The number of carbonyl (C=O) groups excluding carboxylic acids is 3. The number of morpholine rings is 1. The summed E-state index contributed by atoms with van der Waals surface area (Å²) in [4.78, 5) is 42.8. The van der Waals surface area contributed by atoms with Gasteiger partial charge in [0.05, 0.1) is 48.2 Å². The van der Waals surface area contributed by atoms with Gasteiger partial charge in [-0.3, -0.25) is 19.3 Å². The maximum Gasteiger partial charge on any atom is 0.311 e. The van der Waals surface area contributed by atoms with Crippen molar-refractivity contribution in [1.29, 1.82) is 0 Å². The summed E-state index contributed by atoms with van der Waals surface area (Å²) in [5, 5.41) is 30.5. The van der Waals surface area contributed by atoms with Gasteiger partial charge in [-0.2, -0.15) is 0 Å². The first-order valence-corrected chi connectivity index (χ1v) is 22.1. The number of hydrogen-bond donors (Lipinski definition) is 4. The second kappa shape index (κ2) is 21.4. The third kappa shape index (κ3) is 14.4. The van der Waals surface area contributed by atoms with Crippen LogP contribution in [0.3, 0.4) is 0 Å². The van der Waals surface area contributed by atoms with Gasteiger partial charge in [-0.15, -0.1) is 0 Å². The highest BCUT2D eigenvalue weighted by atomic mass is 32.2. The number of nitrogens with zero attached hydrogens (tertiary/aromatic N) is 1. The molecule has 1 heterocycles. The summed E-state index contributed by atoms with van der Waals surface area (Å²) in [7, 11) is -3.89. The van der Waals surface area contributed by atoms with E-state index in [-0.39, 0.29) is 25.5 Å². The molecule has 1 aliphatic heterocycles. The van der Waals surface area contributed by atoms with Gasteiger partial charge in [0.25, 0.3) is 0 Å². The van der Waals surface area contributed by atoms with E-state index in [9.17, 15) is 33.0 Å². The predicted molar refractivity (Wildman–Crippen MR) is 214 cm³/mol. The number of sulfone groups is 1. The Morgan fingerprint density at radius 1 is 0.964 bits per heavy atom. The molecular formula is C42H65N3O9S. The Balaban J connectivity index is 1.55. The number of carbonyl (C=O) groups is 3. The molecule has 0 aromatic heterocycles. The molecule has 55 heavy (non-hydrogen) atoms. The zero-order chi connectivity index (χ0) is 40.0. The van der Waals surface area contributed by atoms with Crippen molar-refractivity contribution in [2.24, 2.45) is 17.3 Å². The van der Waals surface area contributed by atoms with Gasteiger partial charge in [-0.05, 0) is 62.3 Å². The molecule has 0 bridgehead atoms. The number of nitrogens with one attached hydrogen (secondary N) is 2. The number of aliphatic hydroxyl groups excluding tert-OH is 2. The van der Waals surface area contributed by atoms with Gasteiger partial charge in [0.1, 0.15) is 18.8 Å². The highest BCUT2D eigenvalue weighted by Gasteiger charge is 2.35. The van der Waals surface area contributed by atoms with Crippen molar-refractivity contribution in [2.75, 3.05) is 51.0 Å². The number of ether oxygens (including phenoxy) is 2. The molecule has 0 spiro atoms. The van der Waals surface area contributed by atoms with Crippen LogP contribution >= 0.6 is 0 Å². The van der Waals surface area contributed by atoms with E-state index in [2.05, 4.69) is 10.6 Å². The zero-order valence-electron chi connectivity index (χ0n) is 33.3. The van der Waals surface area contributed by atoms with Crippen molar-refractivity contribution in [3.8, 4) is 0 Å². The molecule has 2 fully saturated rings. The minimum absolute atomic E-state index is 0.104. The van der Waals surface area contributed by atoms with Crippen molar-refractivity contribution < 1.29 is 42.5 Å². The van der Waals surface area contributed by atoms with Crippen LogP contribution in [0, 0.1) is 17.3 Å². The van der Waals surface area contributed by atoms with Crippen LogP contribution < -0.4 is 10.6 Å². The highest BCUT2D eigenvalue weighted by Crippen LogP contribution is 2.29. The van der Waals surface area contributed by atoms with E-state index >= 15 is 0 Å². The van der Waals surface area contributed by atoms with E-state index in [1.165, 1.54) is 0 Å². The number of fused-ring (bicyclic) bond motifs is 1. The third-order valence-electron chi connectivity index (χ3n) is 10.9. The Morgan fingerprint density at radius 3 is 2.35 bits per heavy atom. The molecule has 0 radical (unpaired) electrons. The van der Waals surface area contributed by atoms with E-state index in [0.29, 0.717) is 45.6 Å². The molecule has 1 aliphatic carbocycles. The Morgan fingerprint density at radius 2 is 1.65 bits per heavy atom. The first-order valence-electron chi connectivity index (χ1n) is 20.3. The van der Waals surface area contributed by atoms with Crippen LogP contribution in [0.15, 0.2) is 42.5 Å². The van der Waals surface area contributed by atoms with E-state index in [1.54, 1.807) is 20.8 Å². The molecular weight excluding hydrogens is 723 g/mol. The second-order valence-corrected chi connectivity index (χ2v) is 18.8. The fraction of sp³-hybridized carbons (Fsp3) is 0.690. The number of benzene rings is 2. The number of aliphatic hydroxyl groups is 2. The van der Waals surface area contributed by atoms with Crippen molar-refractivity contribution in [3.63, 3.8) is 0 Å². The lowest BCUT2D eigenvalue weighted by Gasteiger charge is -2.35. The van der Waals surface area contributed by atoms with Crippen LogP contribution in [-0.2, 0) is 40.1 Å². The SMILES string of the molecule is CCCC[C@H](NC(=O)[C@H](Cc1cccc2ccccc12)CS(=O)(=O)CCOC(=O)C(C)(C)C)C(=O)N[C@@H](CC1CCCCC1)[C@@H](O)[C@@H](O)CN1CCOCC1. The predicted octanol–water partition coefficient (Wildman–Crippen LogP) is 4.19. The first kappa shape index (κ1) is 44.6. The van der Waals surface area contributed by atoms with E-state index in [4.69, 9.17) is 9.47 Å². The molecule has 4 rings (SSSR count). The van der Waals surface area contributed by atoms with Crippen LogP contribution in [0.5, 0.6) is 0 Å². The number of amides is 2. The average Bonchev–Trinajstić information content (AvgIpc) is 3.15. The number of hydrogen-bond acceptors (Lipinski definition) is 10. The van der Waals surface area contributed by atoms with Crippen molar-refractivity contribution in [1.82, 2.24) is 15.5 Å². The van der Waals surface area contributed by atoms with Gasteiger partial charge in [0, 0.05) is 19.6 Å². The van der Waals surface area contributed by atoms with Gasteiger partial charge in [0.2, 0.25) is 11.8 Å². The standard InChI is InChI=1S/C42H65N3O9S/c1-5-6-19-35(40(49)44-36(26-30-13-8-7-9-14-30)38(47)37(46)28-45-20-22-53-23-21-45)43-39(48)33(27-32-17-12-16-31-15-10-11-18-34(31)32)29-55(51,52)25-24-54-41(50)42(2,3)4/h10-12,15-18,30,33,35-38,46-47H,5-9,13-14,19-29H2,1-4H3,(H,43,48)(H,44,49)/t33-,35+,36+,37+,38-/m1/s1. The van der Waals surface area contributed by atoms with Gasteiger partial charge in [0.15, 0.2) is 9.84 Å². The fourth-order valence-electron chi connectivity index (χ4n) is 7.57. The van der Waals surface area contributed by atoms with E-state index in [1.807, 2.05) is 54.3 Å². The summed E-state index contributed by atoms with van der Waals surface area (Å²) >= 11 is 0. The summed E-state index contributed by atoms with van der Waals surface area (Å²) in [6, 6.07) is 11.7. The van der Waals surface area contributed by atoms with Crippen molar-refractivity contribution in [2.45, 2.75) is 116 Å². The van der Waals surface area contributed by atoms with Gasteiger partial charge < -0.3 is 30.3 Å². The number of esters is 1. The van der Waals surface area contributed by atoms with Gasteiger partial charge >= 0.3 is 5.97 Å². The lowest BCUT2D eigenvalue weighted by molar-refractivity contribution is -0.152. The summed E-state index contributed by atoms with van der Waals surface area (Å²) in [6.07, 6.45) is 5.23. The Kier molecular flexibility index (Phi) is 17.4. The summed E-state index contributed by atoms with van der Waals surface area (Å²) in [6.45, 7) is 9.36. The maximum atomic E-state index is 14.3. The van der Waals surface area contributed by atoms with E-state index in [0.717, 1.165) is 54.9 Å². The van der Waals surface area contributed by atoms with Crippen molar-refractivity contribution >= 4 is 38.4 Å². The molecule has 2 aliphatic rings. The van der Waals surface area contributed by atoms with Gasteiger partial charge in [-0.25, -0.2) is 8.42 Å². The van der Waals surface area contributed by atoms with Crippen LogP contribution in [-0.4, -0.2) is 117 Å². The summed E-state index contributed by atoms with van der Waals surface area (Å²) in [5.41, 5.74) is 0.00747. The Hall–Kier alpha value is -3.10. The van der Waals surface area contributed by atoms with Crippen LogP contribution in [0.1, 0.15) is 91.0 Å². The molecule has 12 nitrogen and oxygen atoms in total. The minimum atomic E-state index is -3.89. The van der Waals surface area contributed by atoms with Crippen LogP contribution in [0.2, 0.25) is 0 Å². The second-order valence-electron chi connectivity index (χ2n) is 16.6. The lowest BCUT2D eigenvalue weighted by atomic mass is 9.83. The fourth-order valence-corrected chi connectivity index (χ4v) is 8.96. The van der Waals surface area contributed by atoms with Gasteiger partial charge in [-0.1, -0.05) is 94.3 Å². The Labute approximate surface area is 328 Å². The quantitative estimate of drug-likeness (QED) is 0.143. The molecule has 13 heteroatoms. The number of rotatable bonds is 20. The topological polar surface area (TPSA) is 172 Å². The summed E-state index contributed by atoms with van der Waals surface area (Å²) < 4.78 is 37.7. The highest BCUT2D eigenvalue weighted by molar-refractivity contribution is 7.91. The third-order valence-corrected chi connectivity index (χ3v) is 12.6. The smallest absolute Gasteiger partial charge is 0.311 e. The molecule has 1 saturated carbocycles. The van der Waals surface area contributed by atoms with Crippen molar-refractivity contribution in [3.05, 3.63) is 48.0 Å². The molecule has 1 saturated heterocycles. The first-order chi connectivity index (χ1) is 26.2. The zero-order valence-corrected chi connectivity index (χ0v) is 34.2. The monoisotopic (exact) mass is 787 g/mol. The molecule has 5 atom stereocenters.